The van der Waals surface area contributed by atoms with E-state index in [1.807, 2.05) is 0 Å². The van der Waals surface area contributed by atoms with Crippen molar-refractivity contribution >= 4 is 58.3 Å². The van der Waals surface area contributed by atoms with Crippen LogP contribution >= 0.6 is 46.4 Å². The number of rotatable bonds is 4. The minimum Gasteiger partial charge on any atom is -0.482 e. The lowest BCUT2D eigenvalue weighted by molar-refractivity contribution is -0.118. The van der Waals surface area contributed by atoms with Crippen molar-refractivity contribution in [3.63, 3.8) is 0 Å². The van der Waals surface area contributed by atoms with Crippen molar-refractivity contribution in [3.8, 4) is 5.75 Å². The highest BCUT2D eigenvalue weighted by atomic mass is 35.5. The van der Waals surface area contributed by atoms with Crippen LogP contribution in [0.3, 0.4) is 0 Å². The fraction of sp³-hybridized carbons (Fsp3) is 0.0833. The summed E-state index contributed by atoms with van der Waals surface area (Å²) in [6.45, 7) is -0.283. The lowest BCUT2D eigenvalue weighted by Crippen LogP contribution is -2.21. The van der Waals surface area contributed by atoms with Crippen molar-refractivity contribution in [1.29, 1.82) is 0 Å². The van der Waals surface area contributed by atoms with Crippen molar-refractivity contribution in [3.05, 3.63) is 44.6 Å². The van der Waals surface area contributed by atoms with E-state index in [0.29, 0.717) is 15.8 Å². The summed E-state index contributed by atoms with van der Waals surface area (Å²) in [5, 5.41) is 3.41. The molecule has 0 aliphatic carbocycles. The normalized spacial score (nSPS) is 10.3. The van der Waals surface area contributed by atoms with E-state index in [1.54, 1.807) is 12.1 Å². The first-order valence-corrected chi connectivity index (χ1v) is 7.03. The maximum absolute atomic E-state index is 11.7. The monoisotopic (exact) mass is 365 g/mol. The highest BCUT2D eigenvalue weighted by Crippen LogP contribution is 2.27. The molecule has 0 atom stereocenters. The Morgan fingerprint density at radius 2 is 1.76 bits per heavy atom. The number of ether oxygens (including phenoxy) is 1. The Balaban J connectivity index is 1.95. The van der Waals surface area contributed by atoms with Gasteiger partial charge < -0.3 is 4.74 Å². The van der Waals surface area contributed by atoms with Gasteiger partial charge >= 0.3 is 0 Å². The van der Waals surface area contributed by atoms with Gasteiger partial charge in [-0.2, -0.15) is 0 Å². The topological polar surface area (TPSA) is 64.1 Å². The third-order valence-electron chi connectivity index (χ3n) is 2.17. The Hall–Kier alpha value is -1.27. The number of nitrogens with one attached hydrogen (secondary N) is 1. The SMILES string of the molecule is O=C(COc1ccc(Cl)cc1Cl)Nc1nc(Cl)cc(Cl)n1. The molecule has 21 heavy (non-hydrogen) atoms. The fourth-order valence-corrected chi connectivity index (χ4v) is 2.23. The fourth-order valence-electron chi connectivity index (χ4n) is 1.34. The maximum atomic E-state index is 11.7. The summed E-state index contributed by atoms with van der Waals surface area (Å²) in [5.41, 5.74) is 0. The number of hydrogen-bond donors (Lipinski definition) is 1. The molecule has 2 rings (SSSR count). The Kier molecular flexibility index (Phi) is 5.47. The van der Waals surface area contributed by atoms with Crippen molar-refractivity contribution in [2.24, 2.45) is 0 Å². The van der Waals surface area contributed by atoms with E-state index >= 15 is 0 Å². The number of benzene rings is 1. The Labute approximate surface area is 140 Å². The molecule has 1 heterocycles. The van der Waals surface area contributed by atoms with Gasteiger partial charge in [0, 0.05) is 11.1 Å². The third kappa shape index (κ3) is 4.89. The van der Waals surface area contributed by atoms with Crippen LogP contribution in [0.2, 0.25) is 20.4 Å². The van der Waals surface area contributed by atoms with E-state index in [9.17, 15) is 4.79 Å². The molecule has 2 aromatic rings. The molecule has 0 fully saturated rings. The summed E-state index contributed by atoms with van der Waals surface area (Å²) in [7, 11) is 0. The molecule has 1 N–H and O–H groups in total. The molecule has 0 spiro atoms. The first-order chi connectivity index (χ1) is 9.94. The van der Waals surface area contributed by atoms with Crippen molar-refractivity contribution in [2.75, 3.05) is 11.9 Å². The molecular formula is C12H7Cl4N3O2. The number of hydrogen-bond acceptors (Lipinski definition) is 4. The second kappa shape index (κ2) is 7.13. The molecule has 0 saturated heterocycles. The maximum Gasteiger partial charge on any atom is 0.264 e. The highest BCUT2D eigenvalue weighted by molar-refractivity contribution is 6.35. The van der Waals surface area contributed by atoms with Crippen molar-refractivity contribution in [2.45, 2.75) is 0 Å². The molecule has 5 nitrogen and oxygen atoms in total. The van der Waals surface area contributed by atoms with Gasteiger partial charge in [0.2, 0.25) is 5.95 Å². The second-order valence-electron chi connectivity index (χ2n) is 3.75. The zero-order valence-electron chi connectivity index (χ0n) is 10.2. The zero-order valence-corrected chi connectivity index (χ0v) is 13.3. The van der Waals surface area contributed by atoms with Gasteiger partial charge in [0.25, 0.3) is 5.91 Å². The second-order valence-corrected chi connectivity index (χ2v) is 5.37. The summed E-state index contributed by atoms with van der Waals surface area (Å²) in [4.78, 5) is 19.3. The molecule has 1 aromatic carbocycles. The quantitative estimate of drug-likeness (QED) is 0.827. The zero-order chi connectivity index (χ0) is 15.4. The third-order valence-corrected chi connectivity index (χ3v) is 3.09. The molecular weight excluding hydrogens is 360 g/mol. The van der Waals surface area contributed by atoms with Crippen molar-refractivity contribution < 1.29 is 9.53 Å². The van der Waals surface area contributed by atoms with Gasteiger partial charge in [0.1, 0.15) is 16.1 Å². The van der Waals surface area contributed by atoms with E-state index in [4.69, 9.17) is 51.1 Å². The molecule has 1 aromatic heterocycles. The van der Waals surface area contributed by atoms with Crippen LogP contribution < -0.4 is 10.1 Å². The Bertz CT molecular complexity index is 661. The van der Waals surface area contributed by atoms with Crippen LogP contribution in [-0.2, 0) is 4.79 Å². The van der Waals surface area contributed by atoms with Crippen LogP contribution in [0.5, 0.6) is 5.75 Å². The number of aromatic nitrogens is 2. The highest BCUT2D eigenvalue weighted by Gasteiger charge is 2.09. The molecule has 0 aliphatic rings. The Morgan fingerprint density at radius 3 is 2.38 bits per heavy atom. The van der Waals surface area contributed by atoms with Crippen LogP contribution in [0.1, 0.15) is 0 Å². The molecule has 0 saturated carbocycles. The molecule has 0 radical (unpaired) electrons. The minimum atomic E-state index is -0.487. The predicted octanol–water partition coefficient (Wildman–Crippen LogP) is 4.11. The molecule has 110 valence electrons. The average molecular weight is 367 g/mol. The summed E-state index contributed by atoms with van der Waals surface area (Å²) in [5.74, 6) is -0.163. The first-order valence-electron chi connectivity index (χ1n) is 5.52. The van der Waals surface area contributed by atoms with E-state index in [0.717, 1.165) is 0 Å². The van der Waals surface area contributed by atoms with Gasteiger partial charge in [0.15, 0.2) is 6.61 Å². The van der Waals surface area contributed by atoms with Crippen LogP contribution in [0, 0.1) is 0 Å². The largest absolute Gasteiger partial charge is 0.482 e. The van der Waals surface area contributed by atoms with E-state index in [-0.39, 0.29) is 22.9 Å². The molecule has 0 unspecified atom stereocenters. The number of amides is 1. The molecule has 0 bridgehead atoms. The van der Waals surface area contributed by atoms with E-state index in [1.165, 1.54) is 12.1 Å². The Morgan fingerprint density at radius 1 is 1.10 bits per heavy atom. The standard InChI is InChI=1S/C12H7Cl4N3O2/c13-6-1-2-8(7(14)3-6)21-5-11(20)19-12-17-9(15)4-10(16)18-12/h1-4H,5H2,(H,17,18,19,20). The van der Waals surface area contributed by atoms with Gasteiger partial charge in [-0.15, -0.1) is 0 Å². The lowest BCUT2D eigenvalue weighted by Gasteiger charge is -2.08. The van der Waals surface area contributed by atoms with Gasteiger partial charge in [-0.3, -0.25) is 10.1 Å². The molecule has 0 aliphatic heterocycles. The number of carbonyl (C=O) groups is 1. The summed E-state index contributed by atoms with van der Waals surface area (Å²) in [6, 6.07) is 6.02. The smallest absolute Gasteiger partial charge is 0.264 e. The minimum absolute atomic E-state index is 0.0108. The number of halogens is 4. The number of nitrogens with zero attached hydrogens (tertiary/aromatic N) is 2. The molecule has 9 heteroatoms. The van der Waals surface area contributed by atoms with E-state index in [2.05, 4.69) is 15.3 Å². The molecule has 1 amide bonds. The summed E-state index contributed by atoms with van der Waals surface area (Å²) < 4.78 is 5.26. The van der Waals surface area contributed by atoms with Gasteiger partial charge in [-0.05, 0) is 18.2 Å². The van der Waals surface area contributed by atoms with Crippen LogP contribution in [-0.4, -0.2) is 22.5 Å². The predicted molar refractivity (Wildman–Crippen MR) is 82.6 cm³/mol. The number of anilines is 1. The summed E-state index contributed by atoms with van der Waals surface area (Å²) in [6.07, 6.45) is 0. The number of carbonyl (C=O) groups excluding carboxylic acids is 1. The van der Waals surface area contributed by atoms with Gasteiger partial charge in [0.05, 0.1) is 5.02 Å². The van der Waals surface area contributed by atoms with Crippen LogP contribution in [0.4, 0.5) is 5.95 Å². The van der Waals surface area contributed by atoms with Crippen molar-refractivity contribution in [1.82, 2.24) is 9.97 Å². The van der Waals surface area contributed by atoms with Crippen LogP contribution in [0.25, 0.3) is 0 Å². The summed E-state index contributed by atoms with van der Waals surface area (Å²) >= 11 is 23.1. The average Bonchev–Trinajstić information content (AvgIpc) is 2.36. The van der Waals surface area contributed by atoms with Gasteiger partial charge in [-0.25, -0.2) is 9.97 Å². The van der Waals surface area contributed by atoms with Gasteiger partial charge in [-0.1, -0.05) is 46.4 Å². The lowest BCUT2D eigenvalue weighted by atomic mass is 10.3. The van der Waals surface area contributed by atoms with Crippen LogP contribution in [0.15, 0.2) is 24.3 Å². The first kappa shape index (κ1) is 16.1. The van der Waals surface area contributed by atoms with E-state index < -0.39 is 5.91 Å².